The molecule has 0 fully saturated rings. The number of carbonyl (C=O) groups is 2. The molecule has 38 heavy (non-hydrogen) atoms. The molecule has 0 spiro atoms. The number of ether oxygens (including phenoxy) is 2. The summed E-state index contributed by atoms with van der Waals surface area (Å²) >= 11 is 0. The van der Waals surface area contributed by atoms with Gasteiger partial charge in [0.25, 0.3) is 0 Å². The van der Waals surface area contributed by atoms with Gasteiger partial charge in [-0.05, 0) is 12.8 Å². The van der Waals surface area contributed by atoms with Crippen molar-refractivity contribution < 1.29 is 47.8 Å². The molecule has 3 atom stereocenters. The summed E-state index contributed by atoms with van der Waals surface area (Å²) in [5, 5.41) is 18.1. The van der Waals surface area contributed by atoms with Crippen molar-refractivity contribution in [2.45, 2.75) is 135 Å². The van der Waals surface area contributed by atoms with E-state index in [0.717, 1.165) is 38.5 Å². The molecule has 0 rings (SSSR count). The summed E-state index contributed by atoms with van der Waals surface area (Å²) in [5.74, 6) is -0.936. The lowest BCUT2D eigenvalue weighted by molar-refractivity contribution is -0.161. The first-order valence-electron chi connectivity index (χ1n) is 14.5. The largest absolute Gasteiger partial charge is 0.472 e. The van der Waals surface area contributed by atoms with E-state index in [1.54, 1.807) is 0 Å². The molecule has 0 aromatic heterocycles. The number of rotatable bonds is 27. The van der Waals surface area contributed by atoms with Gasteiger partial charge in [0.1, 0.15) is 12.7 Å². The van der Waals surface area contributed by atoms with E-state index in [-0.39, 0.29) is 19.4 Å². The van der Waals surface area contributed by atoms with Crippen LogP contribution >= 0.6 is 7.82 Å². The number of phosphoric acid groups is 1. The predicted molar refractivity (Wildman–Crippen MR) is 145 cm³/mol. The Morgan fingerprint density at radius 3 is 1.63 bits per heavy atom. The zero-order chi connectivity index (χ0) is 28.5. The molecular formula is C27H53O10P. The quantitative estimate of drug-likeness (QED) is 0.0649. The summed E-state index contributed by atoms with van der Waals surface area (Å²) in [5.41, 5.74) is 0. The summed E-state index contributed by atoms with van der Waals surface area (Å²) in [4.78, 5) is 34.2. The van der Waals surface area contributed by atoms with Crippen LogP contribution in [0.2, 0.25) is 0 Å². The van der Waals surface area contributed by atoms with Crippen LogP contribution in [0.15, 0.2) is 0 Å². The molecular weight excluding hydrogens is 515 g/mol. The summed E-state index contributed by atoms with van der Waals surface area (Å²) in [6.45, 7) is 2.24. The molecule has 1 unspecified atom stereocenters. The molecule has 0 aliphatic carbocycles. The molecule has 0 heterocycles. The lowest BCUT2D eigenvalue weighted by atomic mass is 10.1. The first-order valence-corrected chi connectivity index (χ1v) is 16.0. The molecule has 0 aromatic carbocycles. The van der Waals surface area contributed by atoms with Crippen LogP contribution in [-0.4, -0.2) is 65.7 Å². The van der Waals surface area contributed by atoms with Gasteiger partial charge in [-0.25, -0.2) is 4.57 Å². The third kappa shape index (κ3) is 24.0. The van der Waals surface area contributed by atoms with Crippen molar-refractivity contribution in [2.24, 2.45) is 0 Å². The van der Waals surface area contributed by atoms with E-state index >= 15 is 0 Å². The van der Waals surface area contributed by atoms with Crippen molar-refractivity contribution in [3.05, 3.63) is 0 Å². The highest BCUT2D eigenvalue weighted by Gasteiger charge is 2.27. The zero-order valence-corrected chi connectivity index (χ0v) is 24.5. The van der Waals surface area contributed by atoms with Gasteiger partial charge in [0, 0.05) is 12.8 Å². The lowest BCUT2D eigenvalue weighted by Crippen LogP contribution is -2.29. The van der Waals surface area contributed by atoms with Gasteiger partial charge in [-0.15, -0.1) is 0 Å². The number of aliphatic hydroxyl groups excluding tert-OH is 2. The van der Waals surface area contributed by atoms with E-state index in [2.05, 4.69) is 18.4 Å². The Labute approximate surface area is 229 Å². The van der Waals surface area contributed by atoms with Gasteiger partial charge in [0.2, 0.25) is 0 Å². The second kappa shape index (κ2) is 25.0. The van der Waals surface area contributed by atoms with Crippen LogP contribution in [0.5, 0.6) is 0 Å². The molecule has 3 N–H and O–H groups in total. The maximum absolute atomic E-state index is 12.3. The number of carbonyl (C=O) groups excluding carboxylic acids is 2. The number of phosphoric ester groups is 1. The normalized spacial score (nSPS) is 14.6. The summed E-state index contributed by atoms with van der Waals surface area (Å²) in [6.07, 6.45) is 14.1. The SMILES string of the molecule is CCCCCCCCCCC(=O)O[C@H](COC(=O)CCCCCCCCC)COP(=O)(O)OC[C@@H](O)CO. The summed E-state index contributed by atoms with van der Waals surface area (Å²) < 4.78 is 32.1. The van der Waals surface area contributed by atoms with E-state index < -0.39 is 51.8 Å². The Hall–Kier alpha value is -1.03. The molecule has 0 aliphatic rings. The second-order valence-electron chi connectivity index (χ2n) is 9.79. The van der Waals surface area contributed by atoms with Gasteiger partial charge in [-0.3, -0.25) is 18.6 Å². The van der Waals surface area contributed by atoms with Crippen molar-refractivity contribution in [3.8, 4) is 0 Å². The van der Waals surface area contributed by atoms with Gasteiger partial charge in [-0.2, -0.15) is 0 Å². The van der Waals surface area contributed by atoms with Crippen molar-refractivity contribution in [1.29, 1.82) is 0 Å². The smallest absolute Gasteiger partial charge is 0.462 e. The summed E-state index contributed by atoms with van der Waals surface area (Å²) in [7, 11) is -4.58. The Morgan fingerprint density at radius 1 is 0.684 bits per heavy atom. The number of unbranched alkanes of at least 4 members (excludes halogenated alkanes) is 13. The van der Waals surface area contributed by atoms with Crippen molar-refractivity contribution >= 4 is 19.8 Å². The minimum atomic E-state index is -4.58. The second-order valence-corrected chi connectivity index (χ2v) is 11.2. The van der Waals surface area contributed by atoms with Crippen LogP contribution in [0, 0.1) is 0 Å². The van der Waals surface area contributed by atoms with Crippen LogP contribution in [0.4, 0.5) is 0 Å². The van der Waals surface area contributed by atoms with E-state index in [0.29, 0.717) is 12.8 Å². The molecule has 0 saturated carbocycles. The average Bonchev–Trinajstić information content (AvgIpc) is 2.89. The molecule has 11 heteroatoms. The standard InChI is InChI=1S/C27H53O10P/c1-3-5-7-9-11-13-15-17-19-27(31)37-25(23-36-38(32,33)35-21-24(29)20-28)22-34-26(30)18-16-14-12-10-8-6-4-2/h24-25,28-29H,3-23H2,1-2H3,(H,32,33)/t24-,25+/m0/s1. The van der Waals surface area contributed by atoms with Crippen LogP contribution in [-0.2, 0) is 32.7 Å². The summed E-state index contributed by atoms with van der Waals surface area (Å²) in [6, 6.07) is 0. The number of hydrogen-bond acceptors (Lipinski definition) is 9. The molecule has 226 valence electrons. The third-order valence-corrected chi connectivity index (χ3v) is 6.96. The van der Waals surface area contributed by atoms with Gasteiger partial charge >= 0.3 is 19.8 Å². The molecule has 0 aromatic rings. The van der Waals surface area contributed by atoms with E-state index in [9.17, 15) is 24.2 Å². The fourth-order valence-corrected chi connectivity index (χ4v) is 4.49. The number of esters is 2. The van der Waals surface area contributed by atoms with E-state index in [1.165, 1.54) is 44.9 Å². The molecule has 0 aliphatic heterocycles. The number of hydrogen-bond donors (Lipinski definition) is 3. The van der Waals surface area contributed by atoms with E-state index in [4.69, 9.17) is 19.1 Å². The molecule has 0 saturated heterocycles. The third-order valence-electron chi connectivity index (χ3n) is 6.01. The molecule has 0 amide bonds. The highest BCUT2D eigenvalue weighted by Crippen LogP contribution is 2.43. The zero-order valence-electron chi connectivity index (χ0n) is 23.7. The van der Waals surface area contributed by atoms with Gasteiger partial charge < -0.3 is 24.6 Å². The van der Waals surface area contributed by atoms with E-state index in [1.807, 2.05) is 0 Å². The Kier molecular flexibility index (Phi) is 24.3. The monoisotopic (exact) mass is 568 g/mol. The maximum atomic E-state index is 12.3. The molecule has 10 nitrogen and oxygen atoms in total. The topological polar surface area (TPSA) is 149 Å². The Balaban J connectivity index is 4.52. The first kappa shape index (κ1) is 37.0. The maximum Gasteiger partial charge on any atom is 0.472 e. The van der Waals surface area contributed by atoms with Crippen molar-refractivity contribution in [2.75, 3.05) is 26.4 Å². The molecule has 0 radical (unpaired) electrons. The highest BCUT2D eigenvalue weighted by atomic mass is 31.2. The predicted octanol–water partition coefficient (Wildman–Crippen LogP) is 5.60. The fourth-order valence-electron chi connectivity index (χ4n) is 3.70. The number of aliphatic hydroxyl groups is 2. The van der Waals surface area contributed by atoms with Gasteiger partial charge in [0.15, 0.2) is 6.10 Å². The minimum absolute atomic E-state index is 0.188. The average molecular weight is 569 g/mol. The van der Waals surface area contributed by atoms with Crippen molar-refractivity contribution in [1.82, 2.24) is 0 Å². The molecule has 0 bridgehead atoms. The van der Waals surface area contributed by atoms with Gasteiger partial charge in [0.05, 0.1) is 19.8 Å². The van der Waals surface area contributed by atoms with Crippen LogP contribution in [0.1, 0.15) is 123 Å². The van der Waals surface area contributed by atoms with Crippen LogP contribution in [0.3, 0.4) is 0 Å². The fraction of sp³-hybridized carbons (Fsp3) is 0.926. The van der Waals surface area contributed by atoms with Crippen LogP contribution < -0.4 is 0 Å². The van der Waals surface area contributed by atoms with Crippen molar-refractivity contribution in [3.63, 3.8) is 0 Å². The first-order chi connectivity index (χ1) is 18.2. The Morgan fingerprint density at radius 2 is 1.13 bits per heavy atom. The van der Waals surface area contributed by atoms with Crippen LogP contribution in [0.25, 0.3) is 0 Å². The highest BCUT2D eigenvalue weighted by molar-refractivity contribution is 7.47. The van der Waals surface area contributed by atoms with Gasteiger partial charge in [-0.1, -0.05) is 97.3 Å². The minimum Gasteiger partial charge on any atom is -0.462 e. The lowest BCUT2D eigenvalue weighted by Gasteiger charge is -2.20. The Bertz CT molecular complexity index is 631.